The van der Waals surface area contributed by atoms with E-state index in [0.29, 0.717) is 28.8 Å². The smallest absolute Gasteiger partial charge is 0.392 e. The zero-order valence-electron chi connectivity index (χ0n) is 18.6. The van der Waals surface area contributed by atoms with Gasteiger partial charge in [-0.1, -0.05) is 6.07 Å². The minimum Gasteiger partial charge on any atom is -0.392 e. The first-order valence-electron chi connectivity index (χ1n) is 11.0. The Kier molecular flexibility index (Phi) is 6.10. The number of hydrogen-bond acceptors (Lipinski definition) is 7. The van der Waals surface area contributed by atoms with Gasteiger partial charge in [0.25, 0.3) is 0 Å². The van der Waals surface area contributed by atoms with Gasteiger partial charge in [-0.3, -0.25) is 4.98 Å². The normalized spacial score (nSPS) is 16.9. The van der Waals surface area contributed by atoms with Crippen LogP contribution in [-0.2, 0) is 16.2 Å². The molecule has 5 rings (SSSR count). The van der Waals surface area contributed by atoms with Crippen molar-refractivity contribution < 1.29 is 26.7 Å². The number of alkyl halides is 3. The number of aromatic nitrogens is 3. The average Bonchev–Trinajstić information content (AvgIpc) is 3.31. The molecule has 0 spiro atoms. The Morgan fingerprint density at radius 1 is 1.03 bits per heavy atom. The Balaban J connectivity index is 1.42. The standard InChI is InChI=1S/C24H20F3N5O3S/c25-24(26,27)20-2-1-10-28-22(20)15-3-8-19-21(12-15)29-14-30-23(19)31-16-4-6-18(7-5-16)36(34,35)32-11-9-17(33)13-32/h1-8,10,12,14,17,33H,9,11,13H2,(H,29,30,31)/t17-/m1/s1. The van der Waals surface area contributed by atoms with Gasteiger partial charge in [-0.2, -0.15) is 17.5 Å². The minimum atomic E-state index is -4.55. The maximum atomic E-state index is 13.4. The topological polar surface area (TPSA) is 108 Å². The quantitative estimate of drug-likeness (QED) is 0.410. The zero-order valence-corrected chi connectivity index (χ0v) is 19.5. The van der Waals surface area contributed by atoms with Crippen LogP contribution in [0.4, 0.5) is 24.7 Å². The summed E-state index contributed by atoms with van der Waals surface area (Å²) >= 11 is 0. The summed E-state index contributed by atoms with van der Waals surface area (Å²) < 4.78 is 67.1. The molecule has 0 bridgehead atoms. The lowest BCUT2D eigenvalue weighted by Crippen LogP contribution is -2.29. The van der Waals surface area contributed by atoms with Gasteiger partial charge in [-0.15, -0.1) is 0 Å². The van der Waals surface area contributed by atoms with Crippen LogP contribution in [-0.4, -0.2) is 52.0 Å². The van der Waals surface area contributed by atoms with Crippen molar-refractivity contribution in [3.8, 4) is 11.3 Å². The first-order valence-corrected chi connectivity index (χ1v) is 12.4. The van der Waals surface area contributed by atoms with Crippen LogP contribution in [0.25, 0.3) is 22.2 Å². The van der Waals surface area contributed by atoms with Crippen LogP contribution in [0.5, 0.6) is 0 Å². The summed E-state index contributed by atoms with van der Waals surface area (Å²) in [6.45, 7) is 0.335. The van der Waals surface area contributed by atoms with Crippen molar-refractivity contribution in [1.82, 2.24) is 19.3 Å². The van der Waals surface area contributed by atoms with Gasteiger partial charge in [-0.05, 0) is 55.0 Å². The summed E-state index contributed by atoms with van der Waals surface area (Å²) in [5, 5.41) is 13.3. The Bertz CT molecular complexity index is 1530. The lowest BCUT2D eigenvalue weighted by atomic mass is 10.0. The van der Waals surface area contributed by atoms with Gasteiger partial charge in [0.15, 0.2) is 0 Å². The maximum Gasteiger partial charge on any atom is 0.418 e. The molecule has 0 unspecified atom stereocenters. The molecule has 2 aromatic heterocycles. The molecule has 2 aromatic carbocycles. The van der Waals surface area contributed by atoms with E-state index in [4.69, 9.17) is 0 Å². The Morgan fingerprint density at radius 2 is 1.81 bits per heavy atom. The van der Waals surface area contributed by atoms with Gasteiger partial charge < -0.3 is 10.4 Å². The molecule has 0 radical (unpaired) electrons. The molecule has 36 heavy (non-hydrogen) atoms. The van der Waals surface area contributed by atoms with E-state index in [2.05, 4.69) is 20.3 Å². The van der Waals surface area contributed by atoms with Gasteiger partial charge in [0.1, 0.15) is 12.1 Å². The van der Waals surface area contributed by atoms with Crippen molar-refractivity contribution in [3.05, 3.63) is 72.7 Å². The number of rotatable bonds is 5. The highest BCUT2D eigenvalue weighted by Crippen LogP contribution is 2.37. The van der Waals surface area contributed by atoms with Gasteiger partial charge in [-0.25, -0.2) is 18.4 Å². The van der Waals surface area contributed by atoms with E-state index < -0.39 is 27.9 Å². The van der Waals surface area contributed by atoms with Gasteiger partial charge >= 0.3 is 6.18 Å². The molecule has 2 N–H and O–H groups in total. The summed E-state index contributed by atoms with van der Waals surface area (Å²) in [6.07, 6.45) is -2.22. The van der Waals surface area contributed by atoms with Crippen molar-refractivity contribution >= 4 is 32.4 Å². The lowest BCUT2D eigenvalue weighted by Gasteiger charge is -2.16. The monoisotopic (exact) mass is 515 g/mol. The molecule has 12 heteroatoms. The highest BCUT2D eigenvalue weighted by molar-refractivity contribution is 7.89. The third-order valence-corrected chi connectivity index (χ3v) is 7.78. The molecular formula is C24H20F3N5O3S. The van der Waals surface area contributed by atoms with Crippen molar-refractivity contribution in [2.24, 2.45) is 0 Å². The van der Waals surface area contributed by atoms with Gasteiger partial charge in [0.05, 0.1) is 27.8 Å². The van der Waals surface area contributed by atoms with E-state index >= 15 is 0 Å². The van der Waals surface area contributed by atoms with Crippen LogP contribution in [0, 0.1) is 0 Å². The zero-order chi connectivity index (χ0) is 25.5. The van der Waals surface area contributed by atoms with Crippen LogP contribution >= 0.6 is 0 Å². The molecule has 1 saturated heterocycles. The third-order valence-electron chi connectivity index (χ3n) is 5.90. The van der Waals surface area contributed by atoms with E-state index in [0.717, 1.165) is 6.07 Å². The number of nitrogens with zero attached hydrogens (tertiary/aromatic N) is 4. The number of pyridine rings is 1. The second-order valence-electron chi connectivity index (χ2n) is 8.31. The molecule has 186 valence electrons. The van der Waals surface area contributed by atoms with Crippen molar-refractivity contribution in [3.63, 3.8) is 0 Å². The number of benzene rings is 2. The van der Waals surface area contributed by atoms with Crippen LogP contribution in [0.1, 0.15) is 12.0 Å². The van der Waals surface area contributed by atoms with Crippen LogP contribution in [0.15, 0.2) is 72.0 Å². The van der Waals surface area contributed by atoms with Crippen molar-refractivity contribution in [1.29, 1.82) is 0 Å². The summed E-state index contributed by atoms with van der Waals surface area (Å²) in [4.78, 5) is 12.5. The van der Waals surface area contributed by atoms with Crippen LogP contribution < -0.4 is 5.32 Å². The third kappa shape index (κ3) is 4.62. The van der Waals surface area contributed by atoms with Gasteiger partial charge in [0, 0.05) is 35.9 Å². The molecule has 1 fully saturated rings. The molecule has 3 heterocycles. The molecule has 1 aliphatic heterocycles. The molecule has 1 atom stereocenters. The molecule has 8 nitrogen and oxygen atoms in total. The Morgan fingerprint density at radius 3 is 2.50 bits per heavy atom. The summed E-state index contributed by atoms with van der Waals surface area (Å²) in [6, 6.07) is 13.0. The Hall–Kier alpha value is -3.61. The molecule has 0 amide bonds. The lowest BCUT2D eigenvalue weighted by molar-refractivity contribution is -0.137. The fraction of sp³-hybridized carbons (Fsp3) is 0.208. The summed E-state index contributed by atoms with van der Waals surface area (Å²) in [5.74, 6) is 0.405. The molecule has 0 aliphatic carbocycles. The number of nitrogens with one attached hydrogen (secondary N) is 1. The maximum absolute atomic E-state index is 13.4. The fourth-order valence-electron chi connectivity index (χ4n) is 4.09. The number of halogens is 3. The SMILES string of the molecule is O=S(=O)(c1ccc(Nc2ncnc3cc(-c4ncccc4C(F)(F)F)ccc23)cc1)N1CC[C@@H](O)C1. The number of hydrogen-bond donors (Lipinski definition) is 2. The number of aliphatic hydroxyl groups excluding tert-OH is 1. The van der Waals surface area contributed by atoms with Crippen molar-refractivity contribution in [2.45, 2.75) is 23.6 Å². The number of sulfonamides is 1. The van der Waals surface area contributed by atoms with E-state index in [9.17, 15) is 26.7 Å². The molecular weight excluding hydrogens is 495 g/mol. The molecule has 1 aliphatic rings. The largest absolute Gasteiger partial charge is 0.418 e. The van der Waals surface area contributed by atoms with Crippen LogP contribution in [0.3, 0.4) is 0 Å². The highest BCUT2D eigenvalue weighted by atomic mass is 32.2. The summed E-state index contributed by atoms with van der Waals surface area (Å²) in [5.41, 5.74) is 0.207. The van der Waals surface area contributed by atoms with E-state index in [1.165, 1.54) is 47.2 Å². The second-order valence-corrected chi connectivity index (χ2v) is 10.2. The fourth-order valence-corrected chi connectivity index (χ4v) is 5.59. The molecule has 4 aromatic rings. The van der Waals surface area contributed by atoms with Crippen molar-refractivity contribution in [2.75, 3.05) is 18.4 Å². The summed E-state index contributed by atoms with van der Waals surface area (Å²) in [7, 11) is -3.71. The number of β-amino-alcohol motifs (C(OH)–C–C–N with tert-alkyl or cyclic N) is 1. The second kappa shape index (κ2) is 9.12. The number of aliphatic hydroxyl groups is 1. The minimum absolute atomic E-state index is 0.0697. The van der Waals surface area contributed by atoms with Gasteiger partial charge in [0.2, 0.25) is 10.0 Å². The first-order chi connectivity index (χ1) is 17.1. The van der Waals surface area contributed by atoms with E-state index in [1.807, 2.05) is 0 Å². The predicted octanol–water partition coefficient (Wildman–Crippen LogP) is 4.21. The van der Waals surface area contributed by atoms with E-state index in [1.54, 1.807) is 18.2 Å². The van der Waals surface area contributed by atoms with Crippen LogP contribution in [0.2, 0.25) is 0 Å². The average molecular weight is 516 g/mol. The first kappa shape index (κ1) is 24.1. The number of anilines is 2. The number of fused-ring (bicyclic) bond motifs is 1. The predicted molar refractivity (Wildman–Crippen MR) is 127 cm³/mol. The highest BCUT2D eigenvalue weighted by Gasteiger charge is 2.34. The molecule has 0 saturated carbocycles. The van der Waals surface area contributed by atoms with E-state index in [-0.39, 0.29) is 29.2 Å². The Labute approximate surface area is 204 Å².